The quantitative estimate of drug-likeness (QED) is 0.810. The minimum atomic E-state index is 0.536. The molecule has 3 nitrogen and oxygen atoms in total. The van der Waals surface area contributed by atoms with E-state index in [0.717, 1.165) is 19.0 Å². The van der Waals surface area contributed by atoms with Crippen molar-refractivity contribution in [1.82, 2.24) is 10.3 Å². The second-order valence-corrected chi connectivity index (χ2v) is 6.22. The first-order chi connectivity index (χ1) is 8.19. The summed E-state index contributed by atoms with van der Waals surface area (Å²) in [5, 5.41) is 4.63. The number of rotatable bonds is 7. The monoisotopic (exact) mass is 253 g/mol. The van der Waals surface area contributed by atoms with Crippen LogP contribution in [0.3, 0.4) is 0 Å². The van der Waals surface area contributed by atoms with E-state index in [4.69, 9.17) is 0 Å². The fourth-order valence-electron chi connectivity index (χ4n) is 1.78. The molecule has 0 aliphatic heterocycles. The van der Waals surface area contributed by atoms with Crippen molar-refractivity contribution in [2.45, 2.75) is 46.2 Å². The molecule has 0 amide bonds. The Balaban J connectivity index is 1.90. The summed E-state index contributed by atoms with van der Waals surface area (Å²) < 4.78 is 0. The molecular weight excluding hydrogens is 230 g/mol. The van der Waals surface area contributed by atoms with Crippen LogP contribution in [0.1, 0.15) is 38.5 Å². The fraction of sp³-hybridized carbons (Fsp3) is 0.769. The smallest absolute Gasteiger partial charge is 0.185 e. The Morgan fingerprint density at radius 1 is 1.53 bits per heavy atom. The van der Waals surface area contributed by atoms with Crippen LogP contribution < -0.4 is 10.2 Å². The average molecular weight is 253 g/mol. The summed E-state index contributed by atoms with van der Waals surface area (Å²) in [5.74, 6) is 0.927. The van der Waals surface area contributed by atoms with Crippen LogP contribution >= 0.6 is 11.3 Å². The predicted octanol–water partition coefficient (Wildman–Crippen LogP) is 2.88. The number of hydrogen-bond acceptors (Lipinski definition) is 4. The standard InChI is InChI=1S/C13H23N3S/c1-4-16(9-11-5-6-11)13-15-8-12(17-13)7-14-10(2)3/h8,10-11,14H,4-7,9H2,1-3H3. The molecule has 0 unspecified atom stereocenters. The lowest BCUT2D eigenvalue weighted by Gasteiger charge is -2.19. The highest BCUT2D eigenvalue weighted by Crippen LogP contribution is 2.32. The van der Waals surface area contributed by atoms with Crippen molar-refractivity contribution in [2.75, 3.05) is 18.0 Å². The van der Waals surface area contributed by atoms with Gasteiger partial charge in [0.05, 0.1) is 0 Å². The van der Waals surface area contributed by atoms with Gasteiger partial charge in [-0.3, -0.25) is 0 Å². The Hall–Kier alpha value is -0.610. The van der Waals surface area contributed by atoms with Crippen molar-refractivity contribution in [1.29, 1.82) is 0 Å². The largest absolute Gasteiger partial charge is 0.348 e. The SMILES string of the molecule is CCN(CC1CC1)c1ncc(CNC(C)C)s1. The second kappa shape index (κ2) is 5.83. The molecule has 0 spiro atoms. The van der Waals surface area contributed by atoms with Crippen molar-refractivity contribution in [3.63, 3.8) is 0 Å². The number of aromatic nitrogens is 1. The van der Waals surface area contributed by atoms with Crippen LogP contribution in [0.4, 0.5) is 5.13 Å². The van der Waals surface area contributed by atoms with Crippen molar-refractivity contribution in [3.8, 4) is 0 Å². The van der Waals surface area contributed by atoms with Gasteiger partial charge < -0.3 is 10.2 Å². The number of nitrogens with one attached hydrogen (secondary N) is 1. The van der Waals surface area contributed by atoms with E-state index in [9.17, 15) is 0 Å². The molecule has 1 heterocycles. The highest BCUT2D eigenvalue weighted by Gasteiger charge is 2.24. The molecule has 1 N–H and O–H groups in total. The maximum atomic E-state index is 4.55. The van der Waals surface area contributed by atoms with Crippen LogP contribution in [0, 0.1) is 5.92 Å². The molecule has 1 fully saturated rings. The lowest BCUT2D eigenvalue weighted by molar-refractivity contribution is 0.593. The van der Waals surface area contributed by atoms with Gasteiger partial charge in [0.1, 0.15) is 0 Å². The molecule has 1 aliphatic rings. The van der Waals surface area contributed by atoms with Gasteiger partial charge in [-0.05, 0) is 25.7 Å². The summed E-state index contributed by atoms with van der Waals surface area (Å²) >= 11 is 1.83. The normalized spacial score (nSPS) is 15.5. The van der Waals surface area contributed by atoms with Gasteiger partial charge in [-0.2, -0.15) is 0 Å². The summed E-state index contributed by atoms with van der Waals surface area (Å²) in [6.07, 6.45) is 4.83. The Labute approximate surface area is 108 Å². The first-order valence-electron chi connectivity index (χ1n) is 6.62. The van der Waals surface area contributed by atoms with Crippen molar-refractivity contribution < 1.29 is 0 Å². The van der Waals surface area contributed by atoms with Gasteiger partial charge >= 0.3 is 0 Å². The third-order valence-corrected chi connectivity index (χ3v) is 4.11. The summed E-state index contributed by atoms with van der Waals surface area (Å²) in [5.41, 5.74) is 0. The van der Waals surface area contributed by atoms with Gasteiger partial charge in [-0.1, -0.05) is 13.8 Å². The number of hydrogen-bond donors (Lipinski definition) is 1. The van der Waals surface area contributed by atoms with Crippen LogP contribution in [-0.2, 0) is 6.54 Å². The molecule has 0 atom stereocenters. The number of nitrogens with zero attached hydrogens (tertiary/aromatic N) is 2. The Bertz CT molecular complexity index is 344. The lowest BCUT2D eigenvalue weighted by Crippen LogP contribution is -2.24. The first-order valence-corrected chi connectivity index (χ1v) is 7.43. The van der Waals surface area contributed by atoms with Crippen LogP contribution in [-0.4, -0.2) is 24.1 Å². The van der Waals surface area contributed by atoms with Gasteiger partial charge in [0.15, 0.2) is 5.13 Å². The van der Waals surface area contributed by atoms with E-state index in [-0.39, 0.29) is 0 Å². The lowest BCUT2D eigenvalue weighted by atomic mass is 10.4. The Morgan fingerprint density at radius 2 is 2.29 bits per heavy atom. The molecule has 1 aromatic rings. The van der Waals surface area contributed by atoms with Crippen molar-refractivity contribution >= 4 is 16.5 Å². The first kappa shape index (κ1) is 12.8. The molecule has 96 valence electrons. The number of thiazole rings is 1. The highest BCUT2D eigenvalue weighted by molar-refractivity contribution is 7.15. The zero-order valence-electron chi connectivity index (χ0n) is 11.1. The molecule has 0 saturated heterocycles. The Kier molecular flexibility index (Phi) is 4.40. The highest BCUT2D eigenvalue weighted by atomic mass is 32.1. The van der Waals surface area contributed by atoms with Crippen LogP contribution in [0.15, 0.2) is 6.20 Å². The molecule has 17 heavy (non-hydrogen) atoms. The minimum absolute atomic E-state index is 0.536. The summed E-state index contributed by atoms with van der Waals surface area (Å²) in [4.78, 5) is 8.30. The third kappa shape index (κ3) is 3.96. The van der Waals surface area contributed by atoms with Gasteiger partial charge in [-0.25, -0.2) is 4.98 Å². The zero-order valence-corrected chi connectivity index (χ0v) is 11.9. The van der Waals surface area contributed by atoms with Gasteiger partial charge in [0.2, 0.25) is 0 Å². The van der Waals surface area contributed by atoms with E-state index >= 15 is 0 Å². The zero-order chi connectivity index (χ0) is 12.3. The summed E-state index contributed by atoms with van der Waals surface area (Å²) in [6.45, 7) is 9.77. The van der Waals surface area contributed by atoms with Crippen LogP contribution in [0.2, 0.25) is 0 Å². The van der Waals surface area contributed by atoms with Gasteiger partial charge in [0, 0.05) is 36.8 Å². The van der Waals surface area contributed by atoms with E-state index in [0.29, 0.717) is 6.04 Å². The predicted molar refractivity (Wildman–Crippen MR) is 74.7 cm³/mol. The Morgan fingerprint density at radius 3 is 2.88 bits per heavy atom. The topological polar surface area (TPSA) is 28.2 Å². The molecule has 0 radical (unpaired) electrons. The maximum Gasteiger partial charge on any atom is 0.185 e. The maximum absolute atomic E-state index is 4.55. The van der Waals surface area contributed by atoms with Crippen molar-refractivity contribution in [3.05, 3.63) is 11.1 Å². The van der Waals surface area contributed by atoms with E-state index < -0.39 is 0 Å². The summed E-state index contributed by atoms with van der Waals surface area (Å²) in [7, 11) is 0. The molecule has 0 aromatic carbocycles. The molecule has 1 aliphatic carbocycles. The number of anilines is 1. The van der Waals surface area contributed by atoms with Gasteiger partial charge in [0.25, 0.3) is 0 Å². The van der Waals surface area contributed by atoms with Gasteiger partial charge in [-0.15, -0.1) is 11.3 Å². The van der Waals surface area contributed by atoms with Crippen molar-refractivity contribution in [2.24, 2.45) is 5.92 Å². The minimum Gasteiger partial charge on any atom is -0.348 e. The summed E-state index contributed by atoms with van der Waals surface area (Å²) in [6, 6.07) is 0.536. The fourth-order valence-corrected chi connectivity index (χ4v) is 2.72. The van der Waals surface area contributed by atoms with Crippen LogP contribution in [0.5, 0.6) is 0 Å². The molecule has 1 saturated carbocycles. The molecule has 1 aromatic heterocycles. The van der Waals surface area contributed by atoms with E-state index in [1.165, 1.54) is 29.4 Å². The van der Waals surface area contributed by atoms with E-state index in [1.807, 2.05) is 17.5 Å². The molecule has 4 heteroatoms. The average Bonchev–Trinajstić information content (AvgIpc) is 3.00. The van der Waals surface area contributed by atoms with E-state index in [1.54, 1.807) is 0 Å². The second-order valence-electron chi connectivity index (χ2n) is 5.13. The van der Waals surface area contributed by atoms with E-state index in [2.05, 4.69) is 36.0 Å². The molecule has 0 bridgehead atoms. The molecule has 2 rings (SSSR count). The third-order valence-electron chi connectivity index (χ3n) is 3.05. The molecular formula is C13H23N3S. The van der Waals surface area contributed by atoms with Crippen LogP contribution in [0.25, 0.3) is 0 Å².